The molecule has 2 rings (SSSR count). The molecule has 23 heavy (non-hydrogen) atoms. The van der Waals surface area contributed by atoms with Gasteiger partial charge >= 0.3 is 0 Å². The number of rotatable bonds is 6. The van der Waals surface area contributed by atoms with Gasteiger partial charge in [-0.05, 0) is 35.4 Å². The highest BCUT2D eigenvalue weighted by Crippen LogP contribution is 2.15. The van der Waals surface area contributed by atoms with Crippen LogP contribution in [0.1, 0.15) is 17.5 Å². The summed E-state index contributed by atoms with van der Waals surface area (Å²) in [6.45, 7) is 4.03. The quantitative estimate of drug-likeness (QED) is 0.792. The maximum absolute atomic E-state index is 13.0. The van der Waals surface area contributed by atoms with Gasteiger partial charge in [0.25, 0.3) is 0 Å². The summed E-state index contributed by atoms with van der Waals surface area (Å²) in [5, 5.41) is 9.89. The molecule has 2 aromatic carbocycles. The third kappa shape index (κ3) is 5.42. The average molecular weight is 334 g/mol. The third-order valence-corrected chi connectivity index (χ3v) is 3.53. The molecule has 0 aromatic heterocycles. The van der Waals surface area contributed by atoms with Crippen LogP contribution in [0.5, 0.6) is 0 Å². The van der Waals surface area contributed by atoms with Crippen molar-refractivity contribution in [1.82, 2.24) is 4.90 Å². The van der Waals surface area contributed by atoms with Gasteiger partial charge in [-0.25, -0.2) is 4.39 Å². The minimum Gasteiger partial charge on any atom is -0.512 e. The summed E-state index contributed by atoms with van der Waals surface area (Å²) >= 11 is 5.86. The minimum atomic E-state index is -0.326. The number of carbonyl (C=O) groups excluding carboxylic acids is 1. The summed E-state index contributed by atoms with van der Waals surface area (Å²) < 4.78 is 13.0. The number of nitrogens with zero attached hydrogens (tertiary/aromatic N) is 1. The molecule has 0 radical (unpaired) electrons. The lowest BCUT2D eigenvalue weighted by atomic mass is 10.1. The minimum absolute atomic E-state index is 0.144. The van der Waals surface area contributed by atoms with E-state index < -0.39 is 0 Å². The second-order valence-electron chi connectivity index (χ2n) is 5.25. The van der Waals surface area contributed by atoms with E-state index in [1.54, 1.807) is 29.2 Å². The SMILES string of the molecule is C=C(O)CC(=O)N(Cc1ccc(F)cc1)Cc1ccc(Cl)cc1. The number of aliphatic hydroxyl groups is 1. The molecule has 2 aromatic rings. The van der Waals surface area contributed by atoms with E-state index in [9.17, 15) is 14.3 Å². The fourth-order valence-corrected chi connectivity index (χ4v) is 2.27. The second-order valence-corrected chi connectivity index (χ2v) is 5.68. The predicted octanol–water partition coefficient (Wildman–Crippen LogP) is 4.47. The summed E-state index contributed by atoms with van der Waals surface area (Å²) in [7, 11) is 0. The highest BCUT2D eigenvalue weighted by atomic mass is 35.5. The van der Waals surface area contributed by atoms with Crippen LogP contribution < -0.4 is 0 Å². The van der Waals surface area contributed by atoms with E-state index in [0.717, 1.165) is 11.1 Å². The standard InChI is InChI=1S/C18H17ClFNO2/c1-13(22)10-18(23)21(11-14-2-6-16(19)7-3-14)12-15-4-8-17(20)9-5-15/h2-9,22H,1,10-12H2. The van der Waals surface area contributed by atoms with E-state index in [1.165, 1.54) is 12.1 Å². The first-order chi connectivity index (χ1) is 10.9. The Morgan fingerprint density at radius 2 is 1.52 bits per heavy atom. The van der Waals surface area contributed by atoms with Crippen molar-refractivity contribution in [2.24, 2.45) is 0 Å². The van der Waals surface area contributed by atoms with Crippen LogP contribution in [-0.4, -0.2) is 15.9 Å². The van der Waals surface area contributed by atoms with Gasteiger partial charge in [0.05, 0.1) is 12.2 Å². The second kappa shape index (κ2) is 7.79. The average Bonchev–Trinajstić information content (AvgIpc) is 2.50. The summed E-state index contributed by atoms with van der Waals surface area (Å²) in [6, 6.07) is 13.1. The highest BCUT2D eigenvalue weighted by Gasteiger charge is 2.15. The summed E-state index contributed by atoms with van der Waals surface area (Å²) in [5.74, 6) is -0.764. The summed E-state index contributed by atoms with van der Waals surface area (Å²) in [5.41, 5.74) is 1.71. The van der Waals surface area contributed by atoms with Gasteiger partial charge in [0.2, 0.25) is 5.91 Å². The molecule has 0 unspecified atom stereocenters. The molecule has 5 heteroatoms. The maximum atomic E-state index is 13.0. The zero-order valence-electron chi connectivity index (χ0n) is 12.5. The number of hydrogen-bond acceptors (Lipinski definition) is 2. The van der Waals surface area contributed by atoms with Crippen LogP contribution in [0.2, 0.25) is 5.02 Å². The molecule has 0 heterocycles. The maximum Gasteiger partial charge on any atom is 0.230 e. The van der Waals surface area contributed by atoms with Gasteiger partial charge in [-0.1, -0.05) is 42.4 Å². The Labute approximate surface area is 139 Å². The molecule has 3 nitrogen and oxygen atoms in total. The molecule has 1 amide bonds. The number of carbonyl (C=O) groups is 1. The van der Waals surface area contributed by atoms with Crippen LogP contribution >= 0.6 is 11.6 Å². The van der Waals surface area contributed by atoms with Gasteiger partial charge in [-0.15, -0.1) is 0 Å². The van der Waals surface area contributed by atoms with Gasteiger partial charge in [0.15, 0.2) is 0 Å². The number of amides is 1. The zero-order valence-corrected chi connectivity index (χ0v) is 13.3. The fourth-order valence-electron chi connectivity index (χ4n) is 2.14. The van der Waals surface area contributed by atoms with Crippen LogP contribution in [0.3, 0.4) is 0 Å². The van der Waals surface area contributed by atoms with Crippen molar-refractivity contribution in [3.63, 3.8) is 0 Å². The Bertz CT molecular complexity index is 636. The molecule has 0 saturated heterocycles. The Morgan fingerprint density at radius 3 is 2.00 bits per heavy atom. The van der Waals surface area contributed by atoms with E-state index >= 15 is 0 Å². The molecule has 120 valence electrons. The number of aliphatic hydroxyl groups excluding tert-OH is 1. The molecular weight excluding hydrogens is 317 g/mol. The molecule has 1 N–H and O–H groups in total. The lowest BCUT2D eigenvalue weighted by Crippen LogP contribution is -2.30. The van der Waals surface area contributed by atoms with Gasteiger partial charge in [-0.2, -0.15) is 0 Å². The van der Waals surface area contributed by atoms with Gasteiger partial charge in [0, 0.05) is 18.1 Å². The molecular formula is C18H17ClFNO2. The zero-order chi connectivity index (χ0) is 16.8. The van der Waals surface area contributed by atoms with Gasteiger partial charge < -0.3 is 10.0 Å². The van der Waals surface area contributed by atoms with Crippen molar-refractivity contribution in [2.75, 3.05) is 0 Å². The molecule has 0 aliphatic rings. The third-order valence-electron chi connectivity index (χ3n) is 3.28. The lowest BCUT2D eigenvalue weighted by molar-refractivity contribution is -0.132. The highest BCUT2D eigenvalue weighted by molar-refractivity contribution is 6.30. The van der Waals surface area contributed by atoms with E-state index in [4.69, 9.17) is 11.6 Å². The Hall–Kier alpha value is -2.33. The van der Waals surface area contributed by atoms with E-state index in [2.05, 4.69) is 6.58 Å². The molecule has 0 saturated carbocycles. The molecule has 0 fully saturated rings. The monoisotopic (exact) mass is 333 g/mol. The van der Waals surface area contributed by atoms with Crippen molar-refractivity contribution in [1.29, 1.82) is 0 Å². The predicted molar refractivity (Wildman–Crippen MR) is 88.5 cm³/mol. The molecule has 0 bridgehead atoms. The first-order valence-corrected chi connectivity index (χ1v) is 7.45. The number of halogens is 2. The first kappa shape index (κ1) is 17.0. The smallest absolute Gasteiger partial charge is 0.230 e. The largest absolute Gasteiger partial charge is 0.512 e. The Balaban J connectivity index is 2.16. The molecule has 0 spiro atoms. The van der Waals surface area contributed by atoms with Crippen LogP contribution in [0.4, 0.5) is 4.39 Å². The van der Waals surface area contributed by atoms with Crippen molar-refractivity contribution < 1.29 is 14.3 Å². The van der Waals surface area contributed by atoms with Crippen molar-refractivity contribution in [2.45, 2.75) is 19.5 Å². The molecule has 0 aliphatic heterocycles. The van der Waals surface area contributed by atoms with Crippen LogP contribution in [0.15, 0.2) is 60.9 Å². The van der Waals surface area contributed by atoms with Crippen LogP contribution in [0, 0.1) is 5.82 Å². The summed E-state index contributed by atoms with van der Waals surface area (Å²) in [4.78, 5) is 13.9. The number of hydrogen-bond donors (Lipinski definition) is 1. The van der Waals surface area contributed by atoms with E-state index in [1.807, 2.05) is 12.1 Å². The lowest BCUT2D eigenvalue weighted by Gasteiger charge is -2.23. The van der Waals surface area contributed by atoms with Crippen molar-refractivity contribution >= 4 is 17.5 Å². The van der Waals surface area contributed by atoms with E-state index in [0.29, 0.717) is 18.1 Å². The summed E-state index contributed by atoms with van der Waals surface area (Å²) in [6.07, 6.45) is -0.144. The first-order valence-electron chi connectivity index (χ1n) is 7.07. The Morgan fingerprint density at radius 1 is 1.04 bits per heavy atom. The van der Waals surface area contributed by atoms with Gasteiger partial charge in [-0.3, -0.25) is 4.79 Å². The fraction of sp³-hybridized carbons (Fsp3) is 0.167. The van der Waals surface area contributed by atoms with E-state index in [-0.39, 0.29) is 23.9 Å². The topological polar surface area (TPSA) is 40.5 Å². The normalized spacial score (nSPS) is 10.3. The van der Waals surface area contributed by atoms with Gasteiger partial charge in [0.1, 0.15) is 5.82 Å². The van der Waals surface area contributed by atoms with Crippen molar-refractivity contribution in [3.05, 3.63) is 82.8 Å². The Kier molecular flexibility index (Phi) is 5.77. The van der Waals surface area contributed by atoms with Crippen LogP contribution in [-0.2, 0) is 17.9 Å². The number of benzene rings is 2. The van der Waals surface area contributed by atoms with Crippen molar-refractivity contribution in [3.8, 4) is 0 Å². The molecule has 0 atom stereocenters. The van der Waals surface area contributed by atoms with Crippen LogP contribution in [0.25, 0.3) is 0 Å². The molecule has 0 aliphatic carbocycles.